The Labute approximate surface area is 209 Å². The zero-order chi connectivity index (χ0) is 25.5. The first-order valence-electron chi connectivity index (χ1n) is 11.5. The van der Waals surface area contributed by atoms with Crippen molar-refractivity contribution in [1.82, 2.24) is 9.80 Å². The smallest absolute Gasteiger partial charge is 0.241 e. The van der Waals surface area contributed by atoms with Gasteiger partial charge in [0.15, 0.2) is 0 Å². The number of amides is 2. The molecule has 184 valence electrons. The van der Waals surface area contributed by atoms with Crippen molar-refractivity contribution >= 4 is 29.1 Å². The Morgan fingerprint density at radius 1 is 1.37 bits per heavy atom. The van der Waals surface area contributed by atoms with Crippen LogP contribution in [0.3, 0.4) is 0 Å². The van der Waals surface area contributed by atoms with Crippen molar-refractivity contribution < 1.29 is 19.1 Å². The number of benzene rings is 2. The fourth-order valence-corrected chi connectivity index (χ4v) is 5.43. The van der Waals surface area contributed by atoms with Crippen molar-refractivity contribution in [3.05, 3.63) is 64.4 Å². The number of nitrogens with zero attached hydrogens (tertiary/aromatic N) is 3. The molecule has 0 aliphatic carbocycles. The Kier molecular flexibility index (Phi) is 6.87. The molecular formula is C26H28ClFN4O3. The van der Waals surface area contributed by atoms with E-state index in [1.165, 1.54) is 21.9 Å². The molecule has 4 rings (SSSR count). The lowest BCUT2D eigenvalue weighted by molar-refractivity contribution is -0.142. The molecule has 0 aromatic heterocycles. The fourth-order valence-electron chi connectivity index (χ4n) is 5.20. The molecule has 1 unspecified atom stereocenters. The average molecular weight is 499 g/mol. The lowest BCUT2D eigenvalue weighted by Crippen LogP contribution is -2.51. The van der Waals surface area contributed by atoms with E-state index in [1.807, 2.05) is 38.1 Å². The molecule has 1 spiro atoms. The van der Waals surface area contributed by atoms with Crippen LogP contribution in [0.5, 0.6) is 0 Å². The van der Waals surface area contributed by atoms with E-state index in [0.29, 0.717) is 12.1 Å². The number of carbonyl (C=O) groups excluding carboxylic acids is 2. The van der Waals surface area contributed by atoms with Gasteiger partial charge in [0.1, 0.15) is 18.1 Å². The van der Waals surface area contributed by atoms with Gasteiger partial charge in [-0.1, -0.05) is 43.6 Å². The molecule has 2 amide bonds. The van der Waals surface area contributed by atoms with E-state index in [-0.39, 0.29) is 41.3 Å². The highest BCUT2D eigenvalue weighted by molar-refractivity contribution is 6.30. The first kappa shape index (κ1) is 25.1. The molecule has 0 bridgehead atoms. The molecule has 2 heterocycles. The molecule has 1 fully saturated rings. The Morgan fingerprint density at radius 2 is 2.09 bits per heavy atom. The van der Waals surface area contributed by atoms with Gasteiger partial charge >= 0.3 is 0 Å². The average Bonchev–Trinajstić information content (AvgIpc) is 3.33. The standard InChI is InChI=1S/C26H28ClFN4O3/c1-15(2)8-22(31(3)23(33)16-9-17(27)11-18(28)10-16)24(34)32-14-26(12-19(32)13-29)20-6-4-5-7-21(20)30-25(26)35/h4-7,9-11,15,19,22-23,33H,8,12,14H2,1-3H3,(H,30,35)/t19-,22-,23?,26-/m0/s1. The number of halogens is 2. The van der Waals surface area contributed by atoms with E-state index in [4.69, 9.17) is 11.6 Å². The van der Waals surface area contributed by atoms with Crippen LogP contribution in [0, 0.1) is 23.1 Å². The number of carbonyl (C=O) groups is 2. The Bertz CT molecular complexity index is 1180. The molecule has 2 aromatic carbocycles. The van der Waals surface area contributed by atoms with E-state index >= 15 is 0 Å². The summed E-state index contributed by atoms with van der Waals surface area (Å²) in [6.45, 7) is 3.97. The minimum absolute atomic E-state index is 0.0667. The number of fused-ring (bicyclic) bond motifs is 2. The first-order chi connectivity index (χ1) is 16.6. The van der Waals surface area contributed by atoms with Crippen molar-refractivity contribution in [2.75, 3.05) is 18.9 Å². The number of likely N-dealkylation sites (N-methyl/N-ethyl adjacent to an activating group) is 1. The summed E-state index contributed by atoms with van der Waals surface area (Å²) in [5.41, 5.74) is 0.696. The summed E-state index contributed by atoms with van der Waals surface area (Å²) in [7, 11) is 1.58. The second kappa shape index (κ2) is 9.57. The van der Waals surface area contributed by atoms with Gasteiger partial charge in [0.2, 0.25) is 11.8 Å². The molecule has 2 N–H and O–H groups in total. The predicted molar refractivity (Wildman–Crippen MR) is 130 cm³/mol. The monoisotopic (exact) mass is 498 g/mol. The lowest BCUT2D eigenvalue weighted by Gasteiger charge is -2.36. The summed E-state index contributed by atoms with van der Waals surface area (Å²) in [5.74, 6) is -1.09. The zero-order valence-electron chi connectivity index (χ0n) is 19.8. The fraction of sp³-hybridized carbons (Fsp3) is 0.423. The third-order valence-corrected chi connectivity index (χ3v) is 7.17. The summed E-state index contributed by atoms with van der Waals surface area (Å²) in [4.78, 5) is 29.9. The number of nitrogens with one attached hydrogen (secondary N) is 1. The van der Waals surface area contributed by atoms with Crippen LogP contribution < -0.4 is 5.32 Å². The van der Waals surface area contributed by atoms with E-state index < -0.39 is 29.5 Å². The largest absolute Gasteiger partial charge is 0.374 e. The second-order valence-corrected chi connectivity index (χ2v) is 10.2. The molecule has 2 aromatic rings. The molecule has 2 aliphatic heterocycles. The Balaban J connectivity index is 1.66. The highest BCUT2D eigenvalue weighted by Gasteiger charge is 2.56. The third kappa shape index (κ3) is 4.52. The van der Waals surface area contributed by atoms with Gasteiger partial charge in [-0.3, -0.25) is 14.5 Å². The minimum Gasteiger partial charge on any atom is -0.374 e. The van der Waals surface area contributed by atoms with E-state index in [2.05, 4.69) is 11.4 Å². The van der Waals surface area contributed by atoms with Crippen LogP contribution in [0.1, 0.15) is 44.0 Å². The van der Waals surface area contributed by atoms with E-state index in [0.717, 1.165) is 11.6 Å². The van der Waals surface area contributed by atoms with Gasteiger partial charge in [-0.25, -0.2) is 4.39 Å². The second-order valence-electron chi connectivity index (χ2n) is 9.78. The molecule has 1 saturated heterocycles. The molecular weight excluding hydrogens is 471 g/mol. The normalized spacial score (nSPS) is 22.9. The number of hydrogen-bond donors (Lipinski definition) is 2. The molecule has 0 saturated carbocycles. The number of rotatable bonds is 6. The van der Waals surface area contributed by atoms with Crippen LogP contribution in [0.4, 0.5) is 10.1 Å². The van der Waals surface area contributed by atoms with Gasteiger partial charge in [0, 0.05) is 23.7 Å². The van der Waals surface area contributed by atoms with Crippen LogP contribution in [0.15, 0.2) is 42.5 Å². The molecule has 7 nitrogen and oxygen atoms in total. The maximum Gasteiger partial charge on any atom is 0.241 e. The highest BCUT2D eigenvalue weighted by Crippen LogP contribution is 2.46. The van der Waals surface area contributed by atoms with Crippen LogP contribution in [-0.2, 0) is 15.0 Å². The van der Waals surface area contributed by atoms with Gasteiger partial charge in [0.25, 0.3) is 0 Å². The molecule has 2 aliphatic rings. The summed E-state index contributed by atoms with van der Waals surface area (Å²) < 4.78 is 13.9. The third-order valence-electron chi connectivity index (χ3n) is 6.96. The van der Waals surface area contributed by atoms with Crippen molar-refractivity contribution in [2.24, 2.45) is 5.92 Å². The Morgan fingerprint density at radius 3 is 2.74 bits per heavy atom. The SMILES string of the molecule is CC(C)C[C@@H](C(=O)N1C[C@]2(C[C@H]1C#N)C(=O)Nc1ccccc12)N(C)C(O)c1cc(F)cc(Cl)c1. The summed E-state index contributed by atoms with van der Waals surface area (Å²) in [6, 6.07) is 11.7. The Hall–Kier alpha value is -2.99. The number of aliphatic hydroxyl groups is 1. The van der Waals surface area contributed by atoms with Gasteiger partial charge in [-0.05, 0) is 54.8 Å². The van der Waals surface area contributed by atoms with Gasteiger partial charge < -0.3 is 15.3 Å². The van der Waals surface area contributed by atoms with Crippen molar-refractivity contribution in [2.45, 2.75) is 50.4 Å². The number of aliphatic hydroxyl groups excluding tert-OH is 1. The number of anilines is 1. The highest BCUT2D eigenvalue weighted by atomic mass is 35.5. The van der Waals surface area contributed by atoms with E-state index in [1.54, 1.807) is 7.05 Å². The van der Waals surface area contributed by atoms with Crippen molar-refractivity contribution in [3.8, 4) is 6.07 Å². The van der Waals surface area contributed by atoms with Gasteiger partial charge in [-0.2, -0.15) is 5.26 Å². The first-order valence-corrected chi connectivity index (χ1v) is 11.9. The molecule has 4 atom stereocenters. The quantitative estimate of drug-likeness (QED) is 0.590. The number of hydrogen-bond acceptors (Lipinski definition) is 5. The summed E-state index contributed by atoms with van der Waals surface area (Å²) >= 11 is 5.97. The topological polar surface area (TPSA) is 96.7 Å². The zero-order valence-corrected chi connectivity index (χ0v) is 20.6. The van der Waals surface area contributed by atoms with E-state index in [9.17, 15) is 24.3 Å². The summed E-state index contributed by atoms with van der Waals surface area (Å²) in [5, 5.41) is 24.0. The van der Waals surface area contributed by atoms with Crippen molar-refractivity contribution in [1.29, 1.82) is 5.26 Å². The molecule has 9 heteroatoms. The van der Waals surface area contributed by atoms with Crippen LogP contribution in [0.25, 0.3) is 0 Å². The maximum absolute atomic E-state index is 13.9. The van der Waals surface area contributed by atoms with Crippen LogP contribution in [0.2, 0.25) is 5.02 Å². The van der Waals surface area contributed by atoms with Gasteiger partial charge in [-0.15, -0.1) is 0 Å². The summed E-state index contributed by atoms with van der Waals surface area (Å²) in [6.07, 6.45) is -0.721. The van der Waals surface area contributed by atoms with Crippen LogP contribution >= 0.6 is 11.6 Å². The molecule has 0 radical (unpaired) electrons. The maximum atomic E-state index is 13.9. The van der Waals surface area contributed by atoms with Crippen LogP contribution in [-0.4, -0.2) is 52.4 Å². The predicted octanol–water partition coefficient (Wildman–Crippen LogP) is 3.83. The minimum atomic E-state index is -1.30. The lowest BCUT2D eigenvalue weighted by atomic mass is 9.80. The van der Waals surface area contributed by atoms with Crippen molar-refractivity contribution in [3.63, 3.8) is 0 Å². The number of likely N-dealkylation sites (tertiary alicyclic amines) is 1. The van der Waals surface area contributed by atoms with Gasteiger partial charge in [0.05, 0.1) is 17.5 Å². The number of para-hydroxylation sites is 1. The molecule has 35 heavy (non-hydrogen) atoms. The number of nitriles is 1.